The first-order valence-electron chi connectivity index (χ1n) is 17.2. The number of furan rings is 2. The molecule has 11 rings (SSSR count). The monoisotopic (exact) mass is 666 g/mol. The van der Waals surface area contributed by atoms with Gasteiger partial charge in [-0.05, 0) is 63.5 Å². The van der Waals surface area contributed by atoms with Crippen LogP contribution in [0.1, 0.15) is 0 Å². The van der Waals surface area contributed by atoms with Gasteiger partial charge in [0.2, 0.25) is 0 Å². The minimum atomic E-state index is 0.595. The quantitative estimate of drug-likeness (QED) is 0.186. The first-order valence-corrected chi connectivity index (χ1v) is 17.2. The third kappa shape index (κ3) is 4.51. The fourth-order valence-electron chi connectivity index (χ4n) is 7.49. The lowest BCUT2D eigenvalue weighted by atomic mass is 9.97. The Balaban J connectivity index is 1.05. The van der Waals surface area contributed by atoms with E-state index in [0.29, 0.717) is 17.5 Å². The first kappa shape index (κ1) is 28.6. The number of fused-ring (bicyclic) bond motifs is 8. The molecule has 6 heteroatoms. The summed E-state index contributed by atoms with van der Waals surface area (Å²) in [5.41, 5.74) is 8.09. The van der Waals surface area contributed by atoms with Crippen LogP contribution in [0.15, 0.2) is 167 Å². The van der Waals surface area contributed by atoms with E-state index in [1.807, 2.05) is 66.9 Å². The molecule has 6 nitrogen and oxygen atoms in total. The Kier molecular flexibility index (Phi) is 6.15. The predicted molar refractivity (Wildman–Crippen MR) is 209 cm³/mol. The Labute approximate surface area is 296 Å². The lowest BCUT2D eigenvalue weighted by Gasteiger charge is -2.10. The third-order valence-electron chi connectivity index (χ3n) is 9.97. The molecule has 4 heterocycles. The molecule has 0 aliphatic heterocycles. The molecule has 242 valence electrons. The Morgan fingerprint density at radius 1 is 0.346 bits per heavy atom. The van der Waals surface area contributed by atoms with Gasteiger partial charge in [0, 0.05) is 50.0 Å². The molecule has 0 atom stereocenters. The van der Waals surface area contributed by atoms with Crippen LogP contribution in [0.3, 0.4) is 0 Å². The van der Waals surface area contributed by atoms with Gasteiger partial charge in [-0.2, -0.15) is 0 Å². The lowest BCUT2D eigenvalue weighted by Crippen LogP contribution is -2.00. The molecule has 0 radical (unpaired) electrons. The van der Waals surface area contributed by atoms with Crippen LogP contribution < -0.4 is 0 Å². The zero-order valence-electron chi connectivity index (χ0n) is 27.6. The molecule has 0 saturated carbocycles. The highest BCUT2D eigenvalue weighted by Gasteiger charge is 2.19. The smallest absolute Gasteiger partial charge is 0.164 e. The molecular formula is C46H26N4O2. The maximum absolute atomic E-state index is 6.31. The summed E-state index contributed by atoms with van der Waals surface area (Å²) in [6.45, 7) is 0. The van der Waals surface area contributed by atoms with Gasteiger partial charge in [0.05, 0.1) is 6.20 Å². The van der Waals surface area contributed by atoms with Gasteiger partial charge in [0.15, 0.2) is 23.1 Å². The van der Waals surface area contributed by atoms with Gasteiger partial charge < -0.3 is 8.83 Å². The van der Waals surface area contributed by atoms with Gasteiger partial charge in [-0.25, -0.2) is 15.0 Å². The second kappa shape index (κ2) is 11.2. The molecule has 0 unspecified atom stereocenters. The van der Waals surface area contributed by atoms with Crippen LogP contribution in [0.5, 0.6) is 0 Å². The first-order chi connectivity index (χ1) is 25.7. The Bertz CT molecular complexity index is 3200. The fourth-order valence-corrected chi connectivity index (χ4v) is 7.49. The lowest BCUT2D eigenvalue weighted by molar-refractivity contribution is 0.667. The van der Waals surface area contributed by atoms with Crippen LogP contribution >= 0.6 is 0 Å². The average molecular weight is 667 g/mol. The van der Waals surface area contributed by atoms with E-state index < -0.39 is 0 Å². The predicted octanol–water partition coefficient (Wildman–Crippen LogP) is 12.0. The summed E-state index contributed by atoms with van der Waals surface area (Å²) < 4.78 is 12.5. The minimum absolute atomic E-state index is 0.595. The van der Waals surface area contributed by atoms with Crippen LogP contribution in [-0.4, -0.2) is 19.9 Å². The van der Waals surface area contributed by atoms with Crippen molar-refractivity contribution in [3.63, 3.8) is 0 Å². The fraction of sp³-hybridized carbons (Fsp3) is 0. The Morgan fingerprint density at radius 2 is 0.981 bits per heavy atom. The molecule has 0 aliphatic rings. The van der Waals surface area contributed by atoms with E-state index in [0.717, 1.165) is 87.9 Å². The summed E-state index contributed by atoms with van der Waals surface area (Å²) in [5.74, 6) is 1.81. The van der Waals surface area contributed by atoms with Crippen molar-refractivity contribution in [1.82, 2.24) is 19.9 Å². The van der Waals surface area contributed by atoms with Crippen molar-refractivity contribution in [2.75, 3.05) is 0 Å². The van der Waals surface area contributed by atoms with Crippen LogP contribution in [0.25, 0.3) is 111 Å². The van der Waals surface area contributed by atoms with Crippen LogP contribution in [0.2, 0.25) is 0 Å². The number of para-hydroxylation sites is 1. The molecule has 0 spiro atoms. The second-order valence-corrected chi connectivity index (χ2v) is 13.1. The largest absolute Gasteiger partial charge is 0.456 e. The van der Waals surface area contributed by atoms with Gasteiger partial charge in [-0.3, -0.25) is 4.98 Å². The maximum atomic E-state index is 6.31. The number of pyridine rings is 1. The van der Waals surface area contributed by atoms with E-state index in [2.05, 4.69) is 89.9 Å². The van der Waals surface area contributed by atoms with Gasteiger partial charge in [-0.1, -0.05) is 109 Å². The summed E-state index contributed by atoms with van der Waals surface area (Å²) in [5, 5.41) is 8.68. The number of rotatable bonds is 4. The van der Waals surface area contributed by atoms with E-state index >= 15 is 0 Å². The highest BCUT2D eigenvalue weighted by molar-refractivity contribution is 6.16. The van der Waals surface area contributed by atoms with Crippen molar-refractivity contribution in [3.05, 3.63) is 158 Å². The molecule has 0 aliphatic carbocycles. The number of benzene rings is 7. The summed E-state index contributed by atoms with van der Waals surface area (Å²) >= 11 is 0. The van der Waals surface area contributed by atoms with Gasteiger partial charge in [0.1, 0.15) is 16.7 Å². The molecule has 0 bridgehead atoms. The van der Waals surface area contributed by atoms with Gasteiger partial charge in [0.25, 0.3) is 0 Å². The van der Waals surface area contributed by atoms with Crippen molar-refractivity contribution in [1.29, 1.82) is 0 Å². The minimum Gasteiger partial charge on any atom is -0.456 e. The average Bonchev–Trinajstić information content (AvgIpc) is 3.77. The Hall–Kier alpha value is -7.18. The number of hydrogen-bond donors (Lipinski definition) is 0. The van der Waals surface area contributed by atoms with Crippen molar-refractivity contribution in [2.45, 2.75) is 0 Å². The molecule has 11 aromatic rings. The number of aromatic nitrogens is 4. The van der Waals surface area contributed by atoms with E-state index in [-0.39, 0.29) is 0 Å². The van der Waals surface area contributed by atoms with E-state index in [9.17, 15) is 0 Å². The zero-order valence-corrected chi connectivity index (χ0v) is 27.6. The summed E-state index contributed by atoms with van der Waals surface area (Å²) in [7, 11) is 0. The van der Waals surface area contributed by atoms with Gasteiger partial charge >= 0.3 is 0 Å². The standard InChI is InChI=1S/C46H26N4O2/c1-2-9-27(10-3-1)44-48-45(50-46(49-44)35-14-8-16-39-42(35)34-13-6-7-15-38(34)51-39)33-20-18-30-21-32(19-17-31(30)22-33)37-25-47-26-41-43(37)36-23-28-11-4-5-12-29(28)24-40(36)52-41/h1-26H. The SMILES string of the molecule is c1ccc(-c2nc(-c3ccc4cc(-c5cncc6oc7cc8ccccc8cc7c56)ccc4c3)nc(-c3cccc4oc5ccccc5c34)n2)cc1. The molecule has 0 amide bonds. The molecule has 0 fully saturated rings. The van der Waals surface area contributed by atoms with Crippen LogP contribution in [-0.2, 0) is 0 Å². The van der Waals surface area contributed by atoms with Crippen LogP contribution in [0.4, 0.5) is 0 Å². The molecular weight excluding hydrogens is 641 g/mol. The molecule has 0 saturated heterocycles. The number of nitrogens with zero attached hydrogens (tertiary/aromatic N) is 4. The van der Waals surface area contributed by atoms with Crippen molar-refractivity contribution in [3.8, 4) is 45.3 Å². The third-order valence-corrected chi connectivity index (χ3v) is 9.97. The van der Waals surface area contributed by atoms with Gasteiger partial charge in [-0.15, -0.1) is 0 Å². The second-order valence-electron chi connectivity index (χ2n) is 13.1. The van der Waals surface area contributed by atoms with E-state index in [1.165, 1.54) is 5.39 Å². The summed E-state index contributed by atoms with van der Waals surface area (Å²) in [6, 6.07) is 49.8. The highest BCUT2D eigenvalue weighted by atomic mass is 16.3. The van der Waals surface area contributed by atoms with Crippen molar-refractivity contribution < 1.29 is 8.83 Å². The van der Waals surface area contributed by atoms with Crippen LogP contribution in [0, 0.1) is 0 Å². The normalized spacial score (nSPS) is 11.8. The highest BCUT2D eigenvalue weighted by Crippen LogP contribution is 2.40. The van der Waals surface area contributed by atoms with Crippen molar-refractivity contribution in [2.24, 2.45) is 0 Å². The Morgan fingerprint density at radius 3 is 1.85 bits per heavy atom. The topological polar surface area (TPSA) is 77.8 Å². The molecule has 52 heavy (non-hydrogen) atoms. The maximum Gasteiger partial charge on any atom is 0.164 e. The van der Waals surface area contributed by atoms with E-state index in [4.69, 9.17) is 23.8 Å². The van der Waals surface area contributed by atoms with E-state index in [1.54, 1.807) is 6.20 Å². The number of hydrogen-bond acceptors (Lipinski definition) is 6. The molecule has 0 N–H and O–H groups in total. The summed E-state index contributed by atoms with van der Waals surface area (Å²) in [4.78, 5) is 19.7. The molecule has 7 aromatic carbocycles. The van der Waals surface area contributed by atoms with Crippen molar-refractivity contribution >= 4 is 65.4 Å². The zero-order chi connectivity index (χ0) is 34.2. The molecule has 4 aromatic heterocycles. The summed E-state index contributed by atoms with van der Waals surface area (Å²) in [6.07, 6.45) is 3.74.